The van der Waals surface area contributed by atoms with E-state index in [4.69, 9.17) is 4.98 Å². The molecule has 3 nitrogen and oxygen atoms in total. The van der Waals surface area contributed by atoms with E-state index in [0.717, 1.165) is 23.7 Å². The van der Waals surface area contributed by atoms with Crippen LogP contribution in [0.3, 0.4) is 0 Å². The molecule has 102 valence electrons. The molecule has 2 heterocycles. The summed E-state index contributed by atoms with van der Waals surface area (Å²) in [6, 6.07) is 4.35. The van der Waals surface area contributed by atoms with Gasteiger partial charge in [0.15, 0.2) is 0 Å². The zero-order valence-corrected chi connectivity index (χ0v) is 12.8. The average Bonchev–Trinajstić information content (AvgIpc) is 2.78. The lowest BCUT2D eigenvalue weighted by Crippen LogP contribution is -2.22. The monoisotopic (exact) mass is 275 g/mol. The van der Waals surface area contributed by atoms with Crippen LogP contribution in [0.25, 0.3) is 0 Å². The number of rotatable bonds is 5. The van der Waals surface area contributed by atoms with Crippen LogP contribution in [-0.4, -0.2) is 16.5 Å². The van der Waals surface area contributed by atoms with Crippen LogP contribution in [0.5, 0.6) is 0 Å². The molecule has 0 aliphatic heterocycles. The fourth-order valence-electron chi connectivity index (χ4n) is 2.10. The molecule has 19 heavy (non-hydrogen) atoms. The molecule has 0 amide bonds. The van der Waals surface area contributed by atoms with Crippen molar-refractivity contribution in [3.8, 4) is 0 Å². The van der Waals surface area contributed by atoms with Crippen molar-refractivity contribution in [2.75, 3.05) is 6.54 Å². The van der Waals surface area contributed by atoms with E-state index in [-0.39, 0.29) is 6.04 Å². The quantitative estimate of drug-likeness (QED) is 0.908. The van der Waals surface area contributed by atoms with E-state index in [1.54, 1.807) is 11.3 Å². The van der Waals surface area contributed by atoms with Gasteiger partial charge in [0.2, 0.25) is 0 Å². The molecular weight excluding hydrogens is 254 g/mol. The zero-order chi connectivity index (χ0) is 13.8. The summed E-state index contributed by atoms with van der Waals surface area (Å²) in [5.41, 5.74) is 3.44. The van der Waals surface area contributed by atoms with E-state index < -0.39 is 0 Å². The van der Waals surface area contributed by atoms with Gasteiger partial charge in [0, 0.05) is 16.8 Å². The summed E-state index contributed by atoms with van der Waals surface area (Å²) < 4.78 is 0. The molecule has 2 rings (SSSR count). The smallest absolute Gasteiger partial charge is 0.115 e. The molecule has 1 N–H and O–H groups in total. The van der Waals surface area contributed by atoms with Crippen LogP contribution >= 0.6 is 11.3 Å². The first kappa shape index (κ1) is 14.2. The standard InChI is InChI=1S/C15H21N3S/c1-5-13-11(4)19-15(18-13)14(16-6-2)12-8-7-10(3)17-9-12/h7-9,14,16H,5-6H2,1-4H3. The van der Waals surface area contributed by atoms with Gasteiger partial charge in [-0.05, 0) is 38.4 Å². The lowest BCUT2D eigenvalue weighted by Gasteiger charge is -2.15. The number of aryl methyl sites for hydroxylation is 3. The molecule has 1 atom stereocenters. The maximum Gasteiger partial charge on any atom is 0.115 e. The number of pyridine rings is 1. The minimum atomic E-state index is 0.155. The van der Waals surface area contributed by atoms with Crippen molar-refractivity contribution in [2.45, 2.75) is 40.2 Å². The summed E-state index contributed by atoms with van der Waals surface area (Å²) in [5, 5.41) is 4.65. The van der Waals surface area contributed by atoms with Crippen molar-refractivity contribution < 1.29 is 0 Å². The van der Waals surface area contributed by atoms with Crippen LogP contribution in [0.2, 0.25) is 0 Å². The third-order valence-electron chi connectivity index (χ3n) is 3.17. The van der Waals surface area contributed by atoms with Gasteiger partial charge in [0.25, 0.3) is 0 Å². The third kappa shape index (κ3) is 3.19. The summed E-state index contributed by atoms with van der Waals surface area (Å²) >= 11 is 1.78. The van der Waals surface area contributed by atoms with E-state index in [9.17, 15) is 0 Å². The molecular formula is C15H21N3S. The number of nitrogens with zero attached hydrogens (tertiary/aromatic N) is 2. The zero-order valence-electron chi connectivity index (χ0n) is 12.0. The summed E-state index contributed by atoms with van der Waals surface area (Å²) in [4.78, 5) is 10.5. The van der Waals surface area contributed by atoms with Gasteiger partial charge >= 0.3 is 0 Å². The number of hydrogen-bond acceptors (Lipinski definition) is 4. The Bertz CT molecular complexity index is 531. The second kappa shape index (κ2) is 6.26. The lowest BCUT2D eigenvalue weighted by atomic mass is 10.1. The van der Waals surface area contributed by atoms with Gasteiger partial charge in [-0.3, -0.25) is 4.98 Å². The van der Waals surface area contributed by atoms with Crippen molar-refractivity contribution in [1.82, 2.24) is 15.3 Å². The second-order valence-electron chi connectivity index (χ2n) is 4.63. The predicted octanol–water partition coefficient (Wildman–Crippen LogP) is 3.42. The van der Waals surface area contributed by atoms with Crippen molar-refractivity contribution in [2.24, 2.45) is 0 Å². The van der Waals surface area contributed by atoms with Crippen molar-refractivity contribution in [1.29, 1.82) is 0 Å². The average molecular weight is 275 g/mol. The third-order valence-corrected chi connectivity index (χ3v) is 4.24. The molecule has 0 fully saturated rings. The van der Waals surface area contributed by atoms with Crippen LogP contribution in [0.1, 0.15) is 46.7 Å². The maximum atomic E-state index is 4.77. The van der Waals surface area contributed by atoms with Gasteiger partial charge in [-0.2, -0.15) is 0 Å². The van der Waals surface area contributed by atoms with Crippen LogP contribution in [0.15, 0.2) is 18.3 Å². The Balaban J connectivity index is 2.35. The summed E-state index contributed by atoms with van der Waals surface area (Å²) in [7, 11) is 0. The number of hydrogen-bond donors (Lipinski definition) is 1. The Morgan fingerprint density at radius 2 is 2.05 bits per heavy atom. The Kier molecular flexibility index (Phi) is 4.66. The highest BCUT2D eigenvalue weighted by Crippen LogP contribution is 2.28. The highest BCUT2D eigenvalue weighted by atomic mass is 32.1. The minimum absolute atomic E-state index is 0.155. The molecule has 1 unspecified atom stereocenters. The number of nitrogens with one attached hydrogen (secondary N) is 1. The molecule has 0 aliphatic rings. The molecule has 0 aromatic carbocycles. The van der Waals surface area contributed by atoms with E-state index in [1.807, 2.05) is 13.1 Å². The fourth-order valence-corrected chi connectivity index (χ4v) is 3.22. The SMILES string of the molecule is CCNC(c1ccc(C)nc1)c1nc(CC)c(C)s1. The van der Waals surface area contributed by atoms with Gasteiger partial charge in [0.1, 0.15) is 5.01 Å². The minimum Gasteiger partial charge on any atom is -0.304 e. The molecule has 0 saturated carbocycles. The van der Waals surface area contributed by atoms with Gasteiger partial charge in [-0.25, -0.2) is 4.98 Å². The van der Waals surface area contributed by atoms with E-state index in [2.05, 4.69) is 43.2 Å². The van der Waals surface area contributed by atoms with Gasteiger partial charge in [0.05, 0.1) is 11.7 Å². The second-order valence-corrected chi connectivity index (χ2v) is 5.87. The first-order valence-electron chi connectivity index (χ1n) is 6.77. The Labute approximate surface area is 119 Å². The normalized spacial score (nSPS) is 12.6. The van der Waals surface area contributed by atoms with Crippen LogP contribution < -0.4 is 5.32 Å². The fraction of sp³-hybridized carbons (Fsp3) is 0.467. The first-order valence-corrected chi connectivity index (χ1v) is 7.59. The molecule has 2 aromatic heterocycles. The van der Waals surface area contributed by atoms with Crippen molar-refractivity contribution in [3.05, 3.63) is 45.2 Å². The van der Waals surface area contributed by atoms with E-state index in [1.165, 1.54) is 16.1 Å². The molecule has 0 aliphatic carbocycles. The van der Waals surface area contributed by atoms with Crippen molar-refractivity contribution >= 4 is 11.3 Å². The predicted molar refractivity (Wildman–Crippen MR) is 80.7 cm³/mol. The van der Waals surface area contributed by atoms with Crippen molar-refractivity contribution in [3.63, 3.8) is 0 Å². The van der Waals surface area contributed by atoms with Gasteiger partial charge in [-0.15, -0.1) is 11.3 Å². The maximum absolute atomic E-state index is 4.77. The highest BCUT2D eigenvalue weighted by Gasteiger charge is 2.18. The van der Waals surface area contributed by atoms with E-state index in [0.29, 0.717) is 0 Å². The molecule has 2 aromatic rings. The molecule has 0 bridgehead atoms. The Hall–Kier alpha value is -1.26. The summed E-state index contributed by atoms with van der Waals surface area (Å²) in [6.07, 6.45) is 2.94. The number of aromatic nitrogens is 2. The van der Waals surface area contributed by atoms with Crippen LogP contribution in [0.4, 0.5) is 0 Å². The summed E-state index contributed by atoms with van der Waals surface area (Å²) in [5.74, 6) is 0. The van der Waals surface area contributed by atoms with Gasteiger partial charge < -0.3 is 5.32 Å². The lowest BCUT2D eigenvalue weighted by molar-refractivity contribution is 0.623. The Morgan fingerprint density at radius 3 is 2.58 bits per heavy atom. The molecule has 4 heteroatoms. The van der Waals surface area contributed by atoms with Gasteiger partial charge in [-0.1, -0.05) is 19.9 Å². The largest absolute Gasteiger partial charge is 0.304 e. The van der Waals surface area contributed by atoms with Crippen LogP contribution in [-0.2, 0) is 6.42 Å². The Morgan fingerprint density at radius 1 is 1.26 bits per heavy atom. The summed E-state index contributed by atoms with van der Waals surface area (Å²) in [6.45, 7) is 9.35. The molecule has 0 saturated heterocycles. The number of thiazole rings is 1. The van der Waals surface area contributed by atoms with E-state index >= 15 is 0 Å². The van der Waals surface area contributed by atoms with Crippen LogP contribution in [0, 0.1) is 13.8 Å². The highest BCUT2D eigenvalue weighted by molar-refractivity contribution is 7.11. The topological polar surface area (TPSA) is 37.8 Å². The molecule has 0 radical (unpaired) electrons. The molecule has 0 spiro atoms. The first-order chi connectivity index (χ1) is 9.15.